The van der Waals surface area contributed by atoms with Gasteiger partial charge in [0.1, 0.15) is 12.1 Å². The quantitative estimate of drug-likeness (QED) is 0.0799. The van der Waals surface area contributed by atoms with Crippen molar-refractivity contribution in [3.05, 3.63) is 35.9 Å². The van der Waals surface area contributed by atoms with Gasteiger partial charge in [0.2, 0.25) is 41.4 Å². The maximum absolute atomic E-state index is 12.8. The van der Waals surface area contributed by atoms with Crippen LogP contribution >= 0.6 is 0 Å². The number of carbonyl (C=O) groups excluding carboxylic acids is 7. The van der Waals surface area contributed by atoms with E-state index in [1.807, 2.05) is 5.32 Å². The third-order valence-electron chi connectivity index (χ3n) is 5.31. The van der Waals surface area contributed by atoms with Crippen molar-refractivity contribution in [2.75, 3.05) is 19.6 Å². The fourth-order valence-electron chi connectivity index (χ4n) is 3.19. The van der Waals surface area contributed by atoms with Gasteiger partial charge in [-0.05, 0) is 12.0 Å². The molecule has 0 unspecified atom stereocenters. The minimum absolute atomic E-state index is 0.0273. The highest BCUT2D eigenvalue weighted by atomic mass is 16.4. The number of nitrogens with one attached hydrogen (secondary N) is 5. The molecule has 41 heavy (non-hydrogen) atoms. The third kappa shape index (κ3) is 14.6. The number of carboxylic acids is 1. The van der Waals surface area contributed by atoms with Crippen molar-refractivity contribution < 1.29 is 43.5 Å². The van der Waals surface area contributed by atoms with Gasteiger partial charge in [0.15, 0.2) is 0 Å². The molecule has 17 nitrogen and oxygen atoms in total. The van der Waals surface area contributed by atoms with Crippen molar-refractivity contribution in [1.29, 1.82) is 0 Å². The van der Waals surface area contributed by atoms with E-state index in [4.69, 9.17) is 22.3 Å². The van der Waals surface area contributed by atoms with Crippen molar-refractivity contribution in [1.82, 2.24) is 26.6 Å². The van der Waals surface area contributed by atoms with Crippen LogP contribution < -0.4 is 43.8 Å². The molecule has 0 saturated carbocycles. The Hall–Kier alpha value is -5.06. The molecule has 0 bridgehead atoms. The number of carbonyl (C=O) groups is 8. The van der Waals surface area contributed by atoms with E-state index in [1.165, 1.54) is 0 Å². The molecule has 12 N–H and O–H groups in total. The van der Waals surface area contributed by atoms with Gasteiger partial charge in [0, 0.05) is 12.8 Å². The zero-order chi connectivity index (χ0) is 30.9. The Morgan fingerprint density at radius 2 is 1.27 bits per heavy atom. The molecule has 0 fully saturated rings. The average Bonchev–Trinajstić information content (AvgIpc) is 2.91. The highest BCUT2D eigenvalue weighted by Crippen LogP contribution is 2.05. The molecule has 0 aliphatic heterocycles. The van der Waals surface area contributed by atoms with Crippen LogP contribution in [-0.2, 0) is 44.8 Å². The lowest BCUT2D eigenvalue weighted by Crippen LogP contribution is -2.54. The lowest BCUT2D eigenvalue weighted by Gasteiger charge is -2.21. The molecule has 1 aromatic carbocycles. The van der Waals surface area contributed by atoms with Gasteiger partial charge >= 0.3 is 5.97 Å². The van der Waals surface area contributed by atoms with Crippen LogP contribution in [0.4, 0.5) is 0 Å². The van der Waals surface area contributed by atoms with E-state index < -0.39 is 91.5 Å². The molecule has 1 aromatic rings. The van der Waals surface area contributed by atoms with Crippen LogP contribution in [-0.4, -0.2) is 90.2 Å². The van der Waals surface area contributed by atoms with E-state index in [-0.39, 0.29) is 19.3 Å². The predicted octanol–water partition coefficient (Wildman–Crippen LogP) is -4.90. The Morgan fingerprint density at radius 3 is 1.80 bits per heavy atom. The standard InChI is InChI=1S/C24H34N8O9/c25-14(6-7-17(26)33)22(38)32-15(8-13-4-2-1-3-5-13)23(39)30-11-20(36)28-10-19(35)29-12-21(37)31-16(24(40)41)9-18(27)34/h1-5,14-16H,6-12,25H2,(H2,26,33)(H2,27,34)(H,28,36)(H,29,35)(H,30,39)(H,31,37)(H,32,38)(H,40,41)/t14-,15-,16-/m0/s1. The predicted molar refractivity (Wildman–Crippen MR) is 141 cm³/mol. The first-order chi connectivity index (χ1) is 19.3. The van der Waals surface area contributed by atoms with Crippen molar-refractivity contribution >= 4 is 47.3 Å². The second-order valence-corrected chi connectivity index (χ2v) is 8.76. The van der Waals surface area contributed by atoms with Gasteiger partial charge in [0.25, 0.3) is 0 Å². The van der Waals surface area contributed by atoms with Crippen LogP contribution in [0.1, 0.15) is 24.8 Å². The maximum atomic E-state index is 12.8. The van der Waals surface area contributed by atoms with Crippen LogP contribution in [0.25, 0.3) is 0 Å². The lowest BCUT2D eigenvalue weighted by molar-refractivity contribution is -0.143. The zero-order valence-electron chi connectivity index (χ0n) is 22.0. The molecule has 17 heteroatoms. The Bertz CT molecular complexity index is 1130. The number of amides is 7. The maximum Gasteiger partial charge on any atom is 0.326 e. The summed E-state index contributed by atoms with van der Waals surface area (Å²) in [7, 11) is 0. The van der Waals surface area contributed by atoms with Crippen LogP contribution in [0, 0.1) is 0 Å². The van der Waals surface area contributed by atoms with Crippen LogP contribution in [0.15, 0.2) is 30.3 Å². The number of nitrogens with two attached hydrogens (primary N) is 3. The summed E-state index contributed by atoms with van der Waals surface area (Å²) in [5.74, 6) is -6.98. The molecule has 0 aromatic heterocycles. The normalized spacial score (nSPS) is 12.5. The summed E-state index contributed by atoms with van der Waals surface area (Å²) in [5.41, 5.74) is 16.5. The summed E-state index contributed by atoms with van der Waals surface area (Å²) in [6, 6.07) is 4.90. The minimum Gasteiger partial charge on any atom is -0.480 e. The lowest BCUT2D eigenvalue weighted by atomic mass is 10.0. The van der Waals surface area contributed by atoms with Gasteiger partial charge < -0.3 is 48.9 Å². The van der Waals surface area contributed by atoms with Gasteiger partial charge in [-0.25, -0.2) is 4.79 Å². The van der Waals surface area contributed by atoms with Gasteiger partial charge in [-0.3, -0.25) is 33.6 Å². The number of hydrogen-bond acceptors (Lipinski definition) is 9. The van der Waals surface area contributed by atoms with Crippen molar-refractivity contribution in [2.45, 2.75) is 43.8 Å². The van der Waals surface area contributed by atoms with Gasteiger partial charge in [-0.15, -0.1) is 0 Å². The van der Waals surface area contributed by atoms with E-state index >= 15 is 0 Å². The summed E-state index contributed by atoms with van der Waals surface area (Å²) in [6.45, 7) is -1.78. The Balaban J connectivity index is 2.57. The van der Waals surface area contributed by atoms with Gasteiger partial charge in [-0.1, -0.05) is 30.3 Å². The van der Waals surface area contributed by atoms with E-state index in [2.05, 4.69) is 21.3 Å². The number of rotatable bonds is 18. The second kappa shape index (κ2) is 17.5. The molecular weight excluding hydrogens is 544 g/mol. The monoisotopic (exact) mass is 578 g/mol. The topological polar surface area (TPSA) is 295 Å². The Morgan fingerprint density at radius 1 is 0.707 bits per heavy atom. The summed E-state index contributed by atoms with van der Waals surface area (Å²) in [6.07, 6.45) is -0.731. The first-order valence-electron chi connectivity index (χ1n) is 12.3. The number of primary amides is 2. The van der Waals surface area contributed by atoms with Crippen molar-refractivity contribution in [2.24, 2.45) is 17.2 Å². The largest absolute Gasteiger partial charge is 0.480 e. The Kier molecular flexibility index (Phi) is 14.5. The van der Waals surface area contributed by atoms with Crippen molar-refractivity contribution in [3.63, 3.8) is 0 Å². The van der Waals surface area contributed by atoms with E-state index in [1.54, 1.807) is 30.3 Å². The SMILES string of the molecule is NC(=O)CC[C@H](N)C(=O)N[C@@H](Cc1ccccc1)C(=O)NCC(=O)NCC(=O)NCC(=O)N[C@@H](CC(N)=O)C(=O)O. The van der Waals surface area contributed by atoms with Gasteiger partial charge in [0.05, 0.1) is 32.1 Å². The molecule has 0 radical (unpaired) electrons. The fourth-order valence-corrected chi connectivity index (χ4v) is 3.19. The number of aliphatic carboxylic acids is 1. The second-order valence-electron chi connectivity index (χ2n) is 8.76. The first kappa shape index (κ1) is 34.0. The number of carboxylic acid groups (broad SMARTS) is 1. The minimum atomic E-state index is -1.57. The Labute approximate surface area is 234 Å². The van der Waals surface area contributed by atoms with E-state index in [0.29, 0.717) is 5.56 Å². The molecule has 224 valence electrons. The summed E-state index contributed by atoms with van der Waals surface area (Å²) >= 11 is 0. The van der Waals surface area contributed by atoms with E-state index in [9.17, 15) is 38.4 Å². The third-order valence-corrected chi connectivity index (χ3v) is 5.31. The summed E-state index contributed by atoms with van der Waals surface area (Å²) in [4.78, 5) is 93.9. The fraction of sp³-hybridized carbons (Fsp3) is 0.417. The average molecular weight is 579 g/mol. The van der Waals surface area contributed by atoms with Crippen LogP contribution in [0.5, 0.6) is 0 Å². The van der Waals surface area contributed by atoms with Crippen molar-refractivity contribution in [3.8, 4) is 0 Å². The number of hydrogen-bond donors (Lipinski definition) is 9. The summed E-state index contributed by atoms with van der Waals surface area (Å²) < 4.78 is 0. The first-order valence-corrected chi connectivity index (χ1v) is 12.3. The van der Waals surface area contributed by atoms with E-state index in [0.717, 1.165) is 0 Å². The molecule has 0 heterocycles. The molecule has 3 atom stereocenters. The molecule has 7 amide bonds. The molecule has 0 aliphatic rings. The highest BCUT2D eigenvalue weighted by Gasteiger charge is 2.25. The highest BCUT2D eigenvalue weighted by molar-refractivity contribution is 5.94. The summed E-state index contributed by atoms with van der Waals surface area (Å²) in [5, 5.41) is 20.2. The smallest absolute Gasteiger partial charge is 0.326 e. The molecule has 0 saturated heterocycles. The number of benzene rings is 1. The van der Waals surface area contributed by atoms with Crippen LogP contribution in [0.2, 0.25) is 0 Å². The van der Waals surface area contributed by atoms with Crippen LogP contribution in [0.3, 0.4) is 0 Å². The molecule has 0 aliphatic carbocycles. The molecule has 1 rings (SSSR count). The van der Waals surface area contributed by atoms with Gasteiger partial charge in [-0.2, -0.15) is 0 Å². The zero-order valence-corrected chi connectivity index (χ0v) is 22.0. The molecule has 0 spiro atoms. The molecular formula is C24H34N8O9.